The summed E-state index contributed by atoms with van der Waals surface area (Å²) >= 11 is 1.65. The third kappa shape index (κ3) is 4.36. The van der Waals surface area contributed by atoms with E-state index in [4.69, 9.17) is 9.47 Å². The third-order valence-corrected chi connectivity index (χ3v) is 4.25. The van der Waals surface area contributed by atoms with Gasteiger partial charge in [-0.25, -0.2) is 9.97 Å². The fourth-order valence-corrected chi connectivity index (χ4v) is 3.02. The van der Waals surface area contributed by atoms with Crippen LogP contribution in [0.15, 0.2) is 41.8 Å². The predicted octanol–water partition coefficient (Wildman–Crippen LogP) is 2.86. The van der Waals surface area contributed by atoms with Crippen LogP contribution in [0.4, 0.5) is 0 Å². The van der Waals surface area contributed by atoms with Gasteiger partial charge in [0.1, 0.15) is 12.7 Å². The van der Waals surface area contributed by atoms with Crippen molar-refractivity contribution in [3.63, 3.8) is 0 Å². The summed E-state index contributed by atoms with van der Waals surface area (Å²) in [6, 6.07) is 7.79. The molecular formula is C17H21N3O2S. The van der Waals surface area contributed by atoms with Gasteiger partial charge in [0.05, 0.1) is 0 Å². The van der Waals surface area contributed by atoms with E-state index in [1.165, 1.54) is 0 Å². The van der Waals surface area contributed by atoms with Gasteiger partial charge >= 0.3 is 0 Å². The molecule has 0 aliphatic carbocycles. The smallest absolute Gasteiger partial charge is 0.187 e. The van der Waals surface area contributed by atoms with Crippen molar-refractivity contribution in [2.45, 2.75) is 24.7 Å². The number of nitrogens with zero attached hydrogens (tertiary/aromatic N) is 3. The van der Waals surface area contributed by atoms with Crippen molar-refractivity contribution < 1.29 is 9.47 Å². The van der Waals surface area contributed by atoms with Crippen molar-refractivity contribution in [3.05, 3.63) is 42.2 Å². The lowest BCUT2D eigenvalue weighted by molar-refractivity contribution is 0.0637. The minimum atomic E-state index is 0.0331. The van der Waals surface area contributed by atoms with Crippen LogP contribution in [0.25, 0.3) is 0 Å². The molecule has 0 radical (unpaired) electrons. The molecule has 1 aliphatic rings. The van der Waals surface area contributed by atoms with E-state index in [9.17, 15) is 0 Å². The number of fused-ring (bicyclic) bond motifs is 1. The first kappa shape index (κ1) is 16.1. The Balaban J connectivity index is 1.52. The summed E-state index contributed by atoms with van der Waals surface area (Å²) in [6.45, 7) is 4.25. The molecule has 1 aliphatic heterocycles. The van der Waals surface area contributed by atoms with E-state index in [0.29, 0.717) is 6.61 Å². The predicted molar refractivity (Wildman–Crippen MR) is 91.1 cm³/mol. The molecule has 2 aromatic rings. The zero-order chi connectivity index (χ0) is 16.1. The lowest BCUT2D eigenvalue weighted by Gasteiger charge is -2.29. The topological polar surface area (TPSA) is 47.5 Å². The van der Waals surface area contributed by atoms with E-state index in [1.54, 1.807) is 11.8 Å². The molecule has 6 heteroatoms. The molecule has 3 rings (SSSR count). The molecule has 0 fully saturated rings. The molecule has 1 aromatic heterocycles. The summed E-state index contributed by atoms with van der Waals surface area (Å²) in [4.78, 5) is 10.9. The second kappa shape index (κ2) is 7.66. The number of benzene rings is 1. The van der Waals surface area contributed by atoms with E-state index in [0.717, 1.165) is 41.1 Å². The van der Waals surface area contributed by atoms with Gasteiger partial charge in [-0.05, 0) is 24.9 Å². The van der Waals surface area contributed by atoms with Crippen LogP contribution in [0, 0.1) is 0 Å². The van der Waals surface area contributed by atoms with E-state index < -0.39 is 0 Å². The maximum atomic E-state index is 5.99. The molecule has 122 valence electrons. The first-order chi connectivity index (χ1) is 11.2. The second-order valence-electron chi connectivity index (χ2n) is 5.50. The van der Waals surface area contributed by atoms with Crippen LogP contribution in [0.1, 0.15) is 12.5 Å². The van der Waals surface area contributed by atoms with Crippen LogP contribution < -0.4 is 9.47 Å². The Hall–Kier alpha value is -1.79. The van der Waals surface area contributed by atoms with Gasteiger partial charge in [-0.1, -0.05) is 30.8 Å². The highest BCUT2D eigenvalue weighted by Crippen LogP contribution is 2.31. The largest absolute Gasteiger partial charge is 0.486 e. The van der Waals surface area contributed by atoms with Crippen molar-refractivity contribution in [3.8, 4) is 11.5 Å². The molecule has 0 amide bonds. The SMILES string of the molecule is CCSc1ncc(CN(C)CC2COc3ccccc3O2)cn1. The molecule has 5 nitrogen and oxygen atoms in total. The minimum Gasteiger partial charge on any atom is -0.486 e. The van der Waals surface area contributed by atoms with Crippen LogP contribution >= 0.6 is 11.8 Å². The lowest BCUT2D eigenvalue weighted by Crippen LogP contribution is -2.39. The standard InChI is InChI=1S/C17H21N3O2S/c1-3-23-17-18-8-13(9-19-17)10-20(2)11-14-12-21-15-6-4-5-7-16(15)22-14/h4-9,14H,3,10-12H2,1-2H3. The Morgan fingerprint density at radius 1 is 1.22 bits per heavy atom. The highest BCUT2D eigenvalue weighted by atomic mass is 32.2. The van der Waals surface area contributed by atoms with Gasteiger partial charge in [0.25, 0.3) is 0 Å². The molecule has 0 spiro atoms. The van der Waals surface area contributed by atoms with Gasteiger partial charge in [0.15, 0.2) is 16.7 Å². The van der Waals surface area contributed by atoms with Crippen LogP contribution in [-0.4, -0.2) is 46.9 Å². The summed E-state index contributed by atoms with van der Waals surface area (Å²) in [5.41, 5.74) is 1.10. The Kier molecular flexibility index (Phi) is 5.35. The summed E-state index contributed by atoms with van der Waals surface area (Å²) in [5.74, 6) is 2.63. The highest BCUT2D eigenvalue weighted by molar-refractivity contribution is 7.99. The molecule has 1 atom stereocenters. The van der Waals surface area contributed by atoms with Crippen molar-refractivity contribution in [2.24, 2.45) is 0 Å². The first-order valence-corrected chi connectivity index (χ1v) is 8.74. The average molecular weight is 331 g/mol. The van der Waals surface area contributed by atoms with Crippen molar-refractivity contribution >= 4 is 11.8 Å². The molecule has 0 bridgehead atoms. The van der Waals surface area contributed by atoms with Gasteiger partial charge in [0.2, 0.25) is 0 Å². The fourth-order valence-electron chi connectivity index (χ4n) is 2.51. The minimum absolute atomic E-state index is 0.0331. The van der Waals surface area contributed by atoms with E-state index in [1.807, 2.05) is 36.7 Å². The number of hydrogen-bond acceptors (Lipinski definition) is 6. The third-order valence-electron chi connectivity index (χ3n) is 3.49. The van der Waals surface area contributed by atoms with Crippen LogP contribution in [0.5, 0.6) is 11.5 Å². The molecule has 1 unspecified atom stereocenters. The average Bonchev–Trinajstić information content (AvgIpc) is 2.57. The van der Waals surface area contributed by atoms with Crippen molar-refractivity contribution in [2.75, 3.05) is 26.0 Å². The van der Waals surface area contributed by atoms with Crippen molar-refractivity contribution in [1.29, 1.82) is 0 Å². The summed E-state index contributed by atoms with van der Waals surface area (Å²) < 4.78 is 11.7. The number of para-hydroxylation sites is 2. The number of likely N-dealkylation sites (N-methyl/N-ethyl adjacent to an activating group) is 1. The lowest BCUT2D eigenvalue weighted by atomic mass is 10.2. The van der Waals surface area contributed by atoms with Crippen LogP contribution in [0.2, 0.25) is 0 Å². The molecule has 0 saturated heterocycles. The van der Waals surface area contributed by atoms with Gasteiger partial charge < -0.3 is 9.47 Å². The second-order valence-corrected chi connectivity index (χ2v) is 6.73. The summed E-state index contributed by atoms with van der Waals surface area (Å²) in [6.07, 6.45) is 3.83. The normalized spacial score (nSPS) is 16.6. The Morgan fingerprint density at radius 3 is 2.70 bits per heavy atom. The van der Waals surface area contributed by atoms with Gasteiger partial charge in [-0.3, -0.25) is 4.90 Å². The van der Waals surface area contributed by atoms with E-state index in [2.05, 4.69) is 28.8 Å². The zero-order valence-corrected chi connectivity index (χ0v) is 14.3. The zero-order valence-electron chi connectivity index (χ0n) is 13.4. The molecule has 0 saturated carbocycles. The number of hydrogen-bond donors (Lipinski definition) is 0. The van der Waals surface area contributed by atoms with Gasteiger partial charge in [-0.15, -0.1) is 0 Å². The molecule has 2 heterocycles. The first-order valence-electron chi connectivity index (χ1n) is 7.75. The fraction of sp³-hybridized carbons (Fsp3) is 0.412. The number of ether oxygens (including phenoxy) is 2. The molecule has 1 aromatic carbocycles. The Morgan fingerprint density at radius 2 is 1.96 bits per heavy atom. The number of aromatic nitrogens is 2. The quantitative estimate of drug-likeness (QED) is 0.599. The summed E-state index contributed by atoms with van der Waals surface area (Å²) in [7, 11) is 2.07. The Labute approximate surface area is 141 Å². The van der Waals surface area contributed by atoms with Crippen LogP contribution in [0.3, 0.4) is 0 Å². The summed E-state index contributed by atoms with van der Waals surface area (Å²) in [5, 5.41) is 0.833. The highest BCUT2D eigenvalue weighted by Gasteiger charge is 2.21. The van der Waals surface area contributed by atoms with Gasteiger partial charge in [-0.2, -0.15) is 0 Å². The van der Waals surface area contributed by atoms with Gasteiger partial charge in [0, 0.05) is 31.0 Å². The van der Waals surface area contributed by atoms with Crippen molar-refractivity contribution in [1.82, 2.24) is 14.9 Å². The molecule has 0 N–H and O–H groups in total. The number of rotatable bonds is 6. The Bertz CT molecular complexity index is 636. The van der Waals surface area contributed by atoms with E-state index in [-0.39, 0.29) is 6.10 Å². The van der Waals surface area contributed by atoms with E-state index >= 15 is 0 Å². The maximum Gasteiger partial charge on any atom is 0.187 e. The molecular weight excluding hydrogens is 310 g/mol. The monoisotopic (exact) mass is 331 g/mol. The van der Waals surface area contributed by atoms with Crippen LogP contribution in [-0.2, 0) is 6.54 Å². The maximum absolute atomic E-state index is 5.99. The number of thioether (sulfide) groups is 1. The molecule has 23 heavy (non-hydrogen) atoms.